The molecule has 1 aromatic heterocycles. The third-order valence-corrected chi connectivity index (χ3v) is 4.60. The molecule has 0 bridgehead atoms. The molecule has 0 amide bonds. The van der Waals surface area contributed by atoms with Gasteiger partial charge in [0.15, 0.2) is 0 Å². The van der Waals surface area contributed by atoms with E-state index in [0.717, 1.165) is 34.4 Å². The van der Waals surface area contributed by atoms with Gasteiger partial charge in [0.2, 0.25) is 0 Å². The lowest BCUT2D eigenvalue weighted by atomic mass is 10.1. The van der Waals surface area contributed by atoms with Crippen molar-refractivity contribution in [2.45, 2.75) is 32.7 Å². The van der Waals surface area contributed by atoms with Crippen LogP contribution in [-0.4, -0.2) is 22.0 Å². The van der Waals surface area contributed by atoms with Crippen molar-refractivity contribution in [1.29, 1.82) is 0 Å². The average molecular weight is 358 g/mol. The molecular formula is C14H18BrClN4. The minimum Gasteiger partial charge on any atom is -0.312 e. The Morgan fingerprint density at radius 1 is 1.40 bits per heavy atom. The number of nitrogens with one attached hydrogen (secondary N) is 1. The summed E-state index contributed by atoms with van der Waals surface area (Å²) in [5, 5.41) is 12.6. The van der Waals surface area contributed by atoms with Crippen LogP contribution >= 0.6 is 27.5 Å². The van der Waals surface area contributed by atoms with E-state index in [2.05, 4.69) is 45.4 Å². The van der Waals surface area contributed by atoms with Crippen LogP contribution in [-0.2, 0) is 6.42 Å². The number of halogens is 2. The second-order valence-electron chi connectivity index (χ2n) is 4.53. The van der Waals surface area contributed by atoms with Crippen molar-refractivity contribution in [3.05, 3.63) is 39.1 Å². The van der Waals surface area contributed by atoms with Gasteiger partial charge in [-0.15, -0.1) is 5.10 Å². The predicted molar refractivity (Wildman–Crippen MR) is 85.5 cm³/mol. The molecule has 0 aliphatic rings. The maximum absolute atomic E-state index is 6.16. The quantitative estimate of drug-likeness (QED) is 0.882. The van der Waals surface area contributed by atoms with Gasteiger partial charge in [0.25, 0.3) is 0 Å². The van der Waals surface area contributed by atoms with Gasteiger partial charge in [-0.2, -0.15) is 0 Å². The number of hydrogen-bond donors (Lipinski definition) is 1. The first-order valence-corrected chi connectivity index (χ1v) is 7.86. The van der Waals surface area contributed by atoms with E-state index in [1.807, 2.05) is 29.9 Å². The fourth-order valence-corrected chi connectivity index (χ4v) is 2.69. The molecule has 0 aliphatic heterocycles. The maximum Gasteiger partial charge on any atom is 0.103 e. The van der Waals surface area contributed by atoms with Crippen LogP contribution in [0, 0.1) is 0 Å². The second-order valence-corrected chi connectivity index (χ2v) is 5.80. The van der Waals surface area contributed by atoms with Crippen molar-refractivity contribution in [1.82, 2.24) is 20.3 Å². The summed E-state index contributed by atoms with van der Waals surface area (Å²) in [6.07, 6.45) is 1.84. The lowest BCUT2D eigenvalue weighted by molar-refractivity contribution is 0.555. The zero-order chi connectivity index (χ0) is 14.7. The molecule has 108 valence electrons. The zero-order valence-electron chi connectivity index (χ0n) is 11.8. The number of rotatable bonds is 5. The van der Waals surface area contributed by atoms with E-state index in [1.54, 1.807) is 0 Å². The fraction of sp³-hybridized carbons (Fsp3) is 0.429. The normalized spacial score (nSPS) is 12.7. The molecular weight excluding hydrogens is 340 g/mol. The highest BCUT2D eigenvalue weighted by atomic mass is 79.9. The van der Waals surface area contributed by atoms with Crippen molar-refractivity contribution in [3.8, 4) is 5.69 Å². The second kappa shape index (κ2) is 6.70. The number of aromatic nitrogens is 3. The standard InChI is InChI=1S/C14H18BrClN4/c1-4-12(17-3)14-13(5-2)20(19-18-14)9-6-7-10(15)11(16)8-9/h6-8,12,17H,4-5H2,1-3H3. The molecule has 20 heavy (non-hydrogen) atoms. The molecule has 0 radical (unpaired) electrons. The highest BCUT2D eigenvalue weighted by Crippen LogP contribution is 2.27. The molecule has 0 spiro atoms. The minimum absolute atomic E-state index is 0.227. The highest BCUT2D eigenvalue weighted by molar-refractivity contribution is 9.10. The van der Waals surface area contributed by atoms with Crippen LogP contribution in [0.1, 0.15) is 37.7 Å². The SMILES string of the molecule is CCc1c(C(CC)NC)nnn1-c1ccc(Br)c(Cl)c1. The summed E-state index contributed by atoms with van der Waals surface area (Å²) in [6, 6.07) is 6.02. The third kappa shape index (κ3) is 2.90. The Kier molecular flexibility index (Phi) is 5.18. The molecule has 0 fully saturated rings. The van der Waals surface area contributed by atoms with Gasteiger partial charge >= 0.3 is 0 Å². The topological polar surface area (TPSA) is 42.7 Å². The molecule has 1 unspecified atom stereocenters. The molecule has 1 aromatic carbocycles. The maximum atomic E-state index is 6.16. The Labute approximate surface area is 132 Å². The molecule has 1 heterocycles. The lowest BCUT2D eigenvalue weighted by Gasteiger charge is -2.13. The summed E-state index contributed by atoms with van der Waals surface area (Å²) in [6.45, 7) is 4.25. The van der Waals surface area contributed by atoms with E-state index in [0.29, 0.717) is 5.02 Å². The smallest absolute Gasteiger partial charge is 0.103 e. The summed E-state index contributed by atoms with van der Waals surface area (Å²) in [5.41, 5.74) is 3.06. The molecule has 0 aliphatic carbocycles. The lowest BCUT2D eigenvalue weighted by Crippen LogP contribution is -2.17. The van der Waals surface area contributed by atoms with E-state index >= 15 is 0 Å². The van der Waals surface area contributed by atoms with Crippen molar-refractivity contribution in [2.75, 3.05) is 7.05 Å². The summed E-state index contributed by atoms with van der Waals surface area (Å²) in [7, 11) is 1.95. The van der Waals surface area contributed by atoms with E-state index in [9.17, 15) is 0 Å². The van der Waals surface area contributed by atoms with Gasteiger partial charge in [-0.25, -0.2) is 4.68 Å². The van der Waals surface area contributed by atoms with E-state index in [4.69, 9.17) is 11.6 Å². The van der Waals surface area contributed by atoms with Crippen LogP contribution in [0.5, 0.6) is 0 Å². The Hall–Kier alpha value is -0.910. The van der Waals surface area contributed by atoms with Crippen molar-refractivity contribution in [3.63, 3.8) is 0 Å². The van der Waals surface area contributed by atoms with Gasteiger partial charge in [0.1, 0.15) is 5.69 Å². The van der Waals surface area contributed by atoms with Gasteiger partial charge in [0, 0.05) is 4.47 Å². The highest BCUT2D eigenvalue weighted by Gasteiger charge is 2.19. The van der Waals surface area contributed by atoms with Gasteiger partial charge in [-0.1, -0.05) is 30.7 Å². The average Bonchev–Trinajstić information content (AvgIpc) is 2.87. The number of hydrogen-bond acceptors (Lipinski definition) is 3. The summed E-state index contributed by atoms with van der Waals surface area (Å²) < 4.78 is 2.75. The van der Waals surface area contributed by atoms with Crippen LogP contribution < -0.4 is 5.32 Å². The van der Waals surface area contributed by atoms with Gasteiger partial charge < -0.3 is 5.32 Å². The van der Waals surface area contributed by atoms with Crippen LogP contribution in [0.2, 0.25) is 5.02 Å². The number of benzene rings is 1. The Morgan fingerprint density at radius 3 is 2.70 bits per heavy atom. The monoisotopic (exact) mass is 356 g/mol. The Bertz CT molecular complexity index is 593. The minimum atomic E-state index is 0.227. The molecule has 0 saturated heterocycles. The van der Waals surface area contributed by atoms with Gasteiger partial charge in [0.05, 0.1) is 22.4 Å². The molecule has 2 aromatic rings. The van der Waals surface area contributed by atoms with Crippen molar-refractivity contribution >= 4 is 27.5 Å². The molecule has 6 heteroatoms. The third-order valence-electron chi connectivity index (χ3n) is 3.36. The Balaban J connectivity index is 2.49. The van der Waals surface area contributed by atoms with E-state index in [-0.39, 0.29) is 6.04 Å². The van der Waals surface area contributed by atoms with Crippen LogP contribution in [0.15, 0.2) is 22.7 Å². The van der Waals surface area contributed by atoms with Crippen LogP contribution in [0.3, 0.4) is 0 Å². The molecule has 0 saturated carbocycles. The predicted octanol–water partition coefficient (Wildman–Crippen LogP) is 3.92. The molecule has 1 atom stereocenters. The molecule has 4 nitrogen and oxygen atoms in total. The van der Waals surface area contributed by atoms with E-state index < -0.39 is 0 Å². The van der Waals surface area contributed by atoms with Crippen LogP contribution in [0.4, 0.5) is 0 Å². The first kappa shape index (κ1) is 15.5. The zero-order valence-corrected chi connectivity index (χ0v) is 14.2. The number of nitrogens with zero attached hydrogens (tertiary/aromatic N) is 3. The largest absolute Gasteiger partial charge is 0.312 e. The first-order chi connectivity index (χ1) is 9.62. The van der Waals surface area contributed by atoms with Crippen molar-refractivity contribution < 1.29 is 0 Å². The molecule has 2 rings (SSSR count). The molecule has 1 N–H and O–H groups in total. The Morgan fingerprint density at radius 2 is 2.15 bits per heavy atom. The van der Waals surface area contributed by atoms with Gasteiger partial charge in [-0.05, 0) is 54.0 Å². The summed E-state index contributed by atoms with van der Waals surface area (Å²) >= 11 is 9.56. The van der Waals surface area contributed by atoms with Crippen molar-refractivity contribution in [2.24, 2.45) is 0 Å². The summed E-state index contributed by atoms with van der Waals surface area (Å²) in [4.78, 5) is 0. The first-order valence-electron chi connectivity index (χ1n) is 6.69. The van der Waals surface area contributed by atoms with Gasteiger partial charge in [-0.3, -0.25) is 0 Å². The fourth-order valence-electron chi connectivity index (χ4n) is 2.27. The van der Waals surface area contributed by atoms with Crippen LogP contribution in [0.25, 0.3) is 5.69 Å². The summed E-state index contributed by atoms with van der Waals surface area (Å²) in [5.74, 6) is 0. The van der Waals surface area contributed by atoms with E-state index in [1.165, 1.54) is 0 Å².